The minimum atomic E-state index is -1.11. The lowest BCUT2D eigenvalue weighted by Gasteiger charge is -2.25. The van der Waals surface area contributed by atoms with Crippen molar-refractivity contribution in [3.8, 4) is 0 Å². The van der Waals surface area contributed by atoms with E-state index in [2.05, 4.69) is 26.0 Å². The molecule has 1 N–H and O–H groups in total. The molecule has 0 amide bonds. The standard InChI is InChI=1S/C12H14BrN3O/c1-3-16-11(10(13)8-15-16)12(2,17)9-5-4-6-14-7-9/h4-8,17H,3H2,1-2H3. The summed E-state index contributed by atoms with van der Waals surface area (Å²) < 4.78 is 2.57. The second-order valence-corrected chi connectivity index (χ2v) is 4.83. The number of halogens is 1. The number of nitrogens with zero attached hydrogens (tertiary/aromatic N) is 3. The molecular formula is C12H14BrN3O. The number of pyridine rings is 1. The second kappa shape index (κ2) is 4.58. The molecule has 5 heteroatoms. The van der Waals surface area contributed by atoms with Gasteiger partial charge in [0.2, 0.25) is 0 Å². The first-order chi connectivity index (χ1) is 8.07. The molecule has 2 aromatic heterocycles. The number of hydrogen-bond acceptors (Lipinski definition) is 3. The predicted molar refractivity (Wildman–Crippen MR) is 68.5 cm³/mol. The van der Waals surface area contributed by atoms with E-state index in [9.17, 15) is 5.11 Å². The zero-order valence-electron chi connectivity index (χ0n) is 9.76. The van der Waals surface area contributed by atoms with Gasteiger partial charge in [0, 0.05) is 24.5 Å². The number of aliphatic hydroxyl groups is 1. The summed E-state index contributed by atoms with van der Waals surface area (Å²) in [5, 5.41) is 14.9. The van der Waals surface area contributed by atoms with Crippen LogP contribution in [0.1, 0.15) is 25.1 Å². The highest BCUT2D eigenvalue weighted by molar-refractivity contribution is 9.10. The zero-order valence-corrected chi connectivity index (χ0v) is 11.3. The van der Waals surface area contributed by atoms with Gasteiger partial charge in [0.1, 0.15) is 5.60 Å². The van der Waals surface area contributed by atoms with Crippen molar-refractivity contribution in [3.05, 3.63) is 46.5 Å². The summed E-state index contributed by atoms with van der Waals surface area (Å²) >= 11 is 3.43. The van der Waals surface area contributed by atoms with Gasteiger partial charge in [0.05, 0.1) is 16.4 Å². The summed E-state index contributed by atoms with van der Waals surface area (Å²) in [6.45, 7) is 4.44. The van der Waals surface area contributed by atoms with Gasteiger partial charge in [-0.2, -0.15) is 5.10 Å². The second-order valence-electron chi connectivity index (χ2n) is 3.97. The van der Waals surface area contributed by atoms with Gasteiger partial charge in [-0.15, -0.1) is 0 Å². The van der Waals surface area contributed by atoms with Crippen LogP contribution in [0.2, 0.25) is 0 Å². The van der Waals surface area contributed by atoms with Crippen LogP contribution in [0.4, 0.5) is 0 Å². The van der Waals surface area contributed by atoms with Gasteiger partial charge >= 0.3 is 0 Å². The topological polar surface area (TPSA) is 50.9 Å². The molecule has 90 valence electrons. The summed E-state index contributed by atoms with van der Waals surface area (Å²) in [5.41, 5.74) is 0.378. The third-order valence-electron chi connectivity index (χ3n) is 2.78. The quantitative estimate of drug-likeness (QED) is 0.945. The Morgan fingerprint density at radius 2 is 2.24 bits per heavy atom. The SMILES string of the molecule is CCn1ncc(Br)c1C(C)(O)c1cccnc1. The summed E-state index contributed by atoms with van der Waals surface area (Å²) in [5.74, 6) is 0. The highest BCUT2D eigenvalue weighted by Gasteiger charge is 2.31. The average molecular weight is 296 g/mol. The lowest BCUT2D eigenvalue weighted by Crippen LogP contribution is -2.27. The fourth-order valence-corrected chi connectivity index (χ4v) is 2.56. The van der Waals surface area contributed by atoms with Crippen molar-refractivity contribution >= 4 is 15.9 Å². The molecule has 1 unspecified atom stereocenters. The Balaban J connectivity index is 2.55. The molecule has 0 saturated heterocycles. The van der Waals surface area contributed by atoms with E-state index >= 15 is 0 Å². The minimum absolute atomic E-state index is 0.706. The Kier molecular flexibility index (Phi) is 3.31. The van der Waals surface area contributed by atoms with E-state index in [1.807, 2.05) is 19.1 Å². The predicted octanol–water partition coefficient (Wildman–Crippen LogP) is 2.32. The maximum atomic E-state index is 10.7. The third kappa shape index (κ3) is 2.12. The monoisotopic (exact) mass is 295 g/mol. The van der Waals surface area contributed by atoms with Crippen LogP contribution in [0.25, 0.3) is 0 Å². The van der Waals surface area contributed by atoms with Crippen molar-refractivity contribution in [3.63, 3.8) is 0 Å². The molecule has 2 aromatic rings. The largest absolute Gasteiger partial charge is 0.379 e. The lowest BCUT2D eigenvalue weighted by molar-refractivity contribution is 0.0906. The fourth-order valence-electron chi connectivity index (χ4n) is 1.87. The van der Waals surface area contributed by atoms with Gasteiger partial charge in [-0.3, -0.25) is 9.67 Å². The summed E-state index contributed by atoms with van der Waals surface area (Å²) in [6.07, 6.45) is 5.05. The van der Waals surface area contributed by atoms with Crippen LogP contribution < -0.4 is 0 Å². The molecule has 0 radical (unpaired) electrons. The molecule has 17 heavy (non-hydrogen) atoms. The fraction of sp³-hybridized carbons (Fsp3) is 0.333. The van der Waals surface area contributed by atoms with Crippen LogP contribution in [-0.2, 0) is 12.1 Å². The van der Waals surface area contributed by atoms with Gasteiger partial charge < -0.3 is 5.11 Å². The molecule has 2 heterocycles. The van der Waals surface area contributed by atoms with E-state index in [4.69, 9.17) is 0 Å². The maximum absolute atomic E-state index is 10.7. The van der Waals surface area contributed by atoms with E-state index < -0.39 is 5.60 Å². The Morgan fingerprint density at radius 1 is 1.47 bits per heavy atom. The van der Waals surface area contributed by atoms with Crippen LogP contribution in [0.5, 0.6) is 0 Å². The molecule has 1 atom stereocenters. The molecule has 0 saturated carbocycles. The summed E-state index contributed by atoms with van der Waals surface area (Å²) in [7, 11) is 0. The number of rotatable bonds is 3. The van der Waals surface area contributed by atoms with Crippen molar-refractivity contribution in [2.75, 3.05) is 0 Å². The zero-order chi connectivity index (χ0) is 12.5. The van der Waals surface area contributed by atoms with Gasteiger partial charge in [-0.05, 0) is 35.8 Å². The van der Waals surface area contributed by atoms with Gasteiger partial charge in [0.15, 0.2) is 0 Å². The number of aryl methyl sites for hydroxylation is 1. The Hall–Kier alpha value is -1.20. The highest BCUT2D eigenvalue weighted by Crippen LogP contribution is 2.33. The Morgan fingerprint density at radius 3 is 2.82 bits per heavy atom. The van der Waals surface area contributed by atoms with Crippen molar-refractivity contribution in [1.29, 1.82) is 0 Å². The first-order valence-electron chi connectivity index (χ1n) is 5.42. The number of hydrogen-bond donors (Lipinski definition) is 1. The Bertz CT molecular complexity index is 508. The molecule has 0 aromatic carbocycles. The van der Waals surface area contributed by atoms with E-state index in [0.717, 1.165) is 15.7 Å². The van der Waals surface area contributed by atoms with Gasteiger partial charge in [-0.1, -0.05) is 6.07 Å². The lowest BCUT2D eigenvalue weighted by atomic mass is 9.94. The van der Waals surface area contributed by atoms with E-state index in [-0.39, 0.29) is 0 Å². The van der Waals surface area contributed by atoms with E-state index in [0.29, 0.717) is 6.54 Å². The summed E-state index contributed by atoms with van der Waals surface area (Å²) in [4.78, 5) is 4.04. The molecule has 0 aliphatic heterocycles. The molecule has 0 aliphatic carbocycles. The van der Waals surface area contributed by atoms with Crippen LogP contribution >= 0.6 is 15.9 Å². The van der Waals surface area contributed by atoms with Crippen molar-refractivity contribution < 1.29 is 5.11 Å². The molecule has 2 rings (SSSR count). The smallest absolute Gasteiger partial charge is 0.131 e. The molecule has 0 aliphatic rings. The average Bonchev–Trinajstić information content (AvgIpc) is 2.72. The highest BCUT2D eigenvalue weighted by atomic mass is 79.9. The van der Waals surface area contributed by atoms with Crippen LogP contribution in [0.3, 0.4) is 0 Å². The first-order valence-corrected chi connectivity index (χ1v) is 6.21. The van der Waals surface area contributed by atoms with E-state index in [1.54, 1.807) is 30.2 Å². The molecule has 0 spiro atoms. The minimum Gasteiger partial charge on any atom is -0.379 e. The molecule has 4 nitrogen and oxygen atoms in total. The number of aromatic nitrogens is 3. The van der Waals surface area contributed by atoms with Gasteiger partial charge in [-0.25, -0.2) is 0 Å². The van der Waals surface area contributed by atoms with Crippen molar-refractivity contribution in [2.45, 2.75) is 26.0 Å². The maximum Gasteiger partial charge on any atom is 0.131 e. The summed E-state index contributed by atoms with van der Waals surface area (Å²) in [6, 6.07) is 3.66. The van der Waals surface area contributed by atoms with Gasteiger partial charge in [0.25, 0.3) is 0 Å². The molecule has 0 bridgehead atoms. The molecule has 0 fully saturated rings. The van der Waals surface area contributed by atoms with Crippen molar-refractivity contribution in [1.82, 2.24) is 14.8 Å². The van der Waals surface area contributed by atoms with E-state index in [1.165, 1.54) is 0 Å². The van der Waals surface area contributed by atoms with Crippen LogP contribution in [0, 0.1) is 0 Å². The molecular weight excluding hydrogens is 282 g/mol. The third-order valence-corrected chi connectivity index (χ3v) is 3.36. The van der Waals surface area contributed by atoms with Crippen molar-refractivity contribution in [2.24, 2.45) is 0 Å². The van der Waals surface area contributed by atoms with Crippen LogP contribution in [-0.4, -0.2) is 19.9 Å². The first kappa shape index (κ1) is 12.3. The normalized spacial score (nSPS) is 14.6. The van der Waals surface area contributed by atoms with Crippen LogP contribution in [0.15, 0.2) is 35.2 Å². The Labute approximate surface area is 108 Å².